The van der Waals surface area contributed by atoms with Gasteiger partial charge in [-0.3, -0.25) is 20.2 Å². The Kier molecular flexibility index (Phi) is 4.51. The predicted molar refractivity (Wildman–Crippen MR) is 86.4 cm³/mol. The average molecular weight is 312 g/mol. The minimum Gasteiger partial charge on any atom is -0.456 e. The summed E-state index contributed by atoms with van der Waals surface area (Å²) in [6.07, 6.45) is 2.61. The van der Waals surface area contributed by atoms with E-state index in [2.05, 4.69) is 13.2 Å². The molecular weight excluding hydrogens is 300 g/mol. The van der Waals surface area contributed by atoms with Crippen LogP contribution < -0.4 is 4.74 Å². The Morgan fingerprint density at radius 2 is 1.22 bits per heavy atom. The van der Waals surface area contributed by atoms with Crippen LogP contribution in [0.25, 0.3) is 12.2 Å². The summed E-state index contributed by atoms with van der Waals surface area (Å²) in [6.45, 7) is 7.10. The normalized spacial score (nSPS) is 9.91. The maximum atomic E-state index is 11.0. The molecule has 0 spiro atoms. The van der Waals surface area contributed by atoms with Crippen LogP contribution in [0.4, 0.5) is 11.4 Å². The Bertz CT molecular complexity index is 747. The molecule has 0 atom stereocenters. The standard InChI is InChI=1S/C16H12N2O5/c1-3-11-13(17(19)20)7-5-9-15(11)23-16-10-6-8-14(18(21)22)12(16)4-2/h3-10H,1-2H2. The van der Waals surface area contributed by atoms with Crippen molar-refractivity contribution in [1.29, 1.82) is 0 Å². The van der Waals surface area contributed by atoms with Crippen LogP contribution in [0.2, 0.25) is 0 Å². The Labute approximate surface area is 131 Å². The Hall–Kier alpha value is -3.48. The van der Waals surface area contributed by atoms with E-state index in [-0.39, 0.29) is 34.0 Å². The van der Waals surface area contributed by atoms with Gasteiger partial charge in [0.15, 0.2) is 0 Å². The monoisotopic (exact) mass is 312 g/mol. The van der Waals surface area contributed by atoms with Crippen LogP contribution >= 0.6 is 0 Å². The van der Waals surface area contributed by atoms with Crippen molar-refractivity contribution in [2.24, 2.45) is 0 Å². The molecule has 0 aliphatic rings. The van der Waals surface area contributed by atoms with Crippen molar-refractivity contribution in [3.63, 3.8) is 0 Å². The summed E-state index contributed by atoms with van der Waals surface area (Å²) < 4.78 is 5.65. The van der Waals surface area contributed by atoms with E-state index in [0.717, 1.165) is 0 Å². The van der Waals surface area contributed by atoms with Crippen LogP contribution in [-0.4, -0.2) is 9.85 Å². The van der Waals surface area contributed by atoms with E-state index in [1.807, 2.05) is 0 Å². The zero-order valence-electron chi connectivity index (χ0n) is 12.0. The van der Waals surface area contributed by atoms with E-state index in [1.165, 1.54) is 48.6 Å². The minimum atomic E-state index is -0.550. The van der Waals surface area contributed by atoms with E-state index >= 15 is 0 Å². The number of rotatable bonds is 6. The molecule has 2 aromatic rings. The second-order valence-electron chi connectivity index (χ2n) is 4.40. The fourth-order valence-corrected chi connectivity index (χ4v) is 2.09. The van der Waals surface area contributed by atoms with Gasteiger partial charge >= 0.3 is 0 Å². The molecule has 7 heteroatoms. The molecule has 2 aromatic carbocycles. The number of hydrogen-bond donors (Lipinski definition) is 0. The second kappa shape index (κ2) is 6.52. The van der Waals surface area contributed by atoms with Gasteiger partial charge in [0.2, 0.25) is 0 Å². The van der Waals surface area contributed by atoms with Crippen LogP contribution in [0.15, 0.2) is 49.6 Å². The first-order valence-electron chi connectivity index (χ1n) is 6.47. The third-order valence-electron chi connectivity index (χ3n) is 3.11. The van der Waals surface area contributed by atoms with E-state index in [1.54, 1.807) is 0 Å². The molecule has 0 saturated carbocycles. The number of hydrogen-bond acceptors (Lipinski definition) is 5. The number of nitro groups is 2. The van der Waals surface area contributed by atoms with Crippen molar-refractivity contribution >= 4 is 23.5 Å². The van der Waals surface area contributed by atoms with E-state index in [4.69, 9.17) is 4.74 Å². The van der Waals surface area contributed by atoms with Crippen molar-refractivity contribution in [3.05, 3.63) is 80.9 Å². The maximum Gasteiger partial charge on any atom is 0.280 e. The lowest BCUT2D eigenvalue weighted by Gasteiger charge is -2.11. The summed E-state index contributed by atoms with van der Waals surface area (Å²) in [5.41, 5.74) is 0.0594. The smallest absolute Gasteiger partial charge is 0.280 e. The van der Waals surface area contributed by atoms with Crippen LogP contribution in [0.5, 0.6) is 11.5 Å². The average Bonchev–Trinajstić information content (AvgIpc) is 2.54. The summed E-state index contributed by atoms with van der Waals surface area (Å²) in [5.74, 6) is 0.357. The summed E-state index contributed by atoms with van der Waals surface area (Å²) >= 11 is 0. The summed E-state index contributed by atoms with van der Waals surface area (Å²) in [6, 6.07) is 8.62. The first-order valence-corrected chi connectivity index (χ1v) is 6.47. The number of benzene rings is 2. The fraction of sp³-hybridized carbons (Fsp3) is 0. The summed E-state index contributed by atoms with van der Waals surface area (Å²) in [7, 11) is 0. The van der Waals surface area contributed by atoms with Crippen molar-refractivity contribution in [3.8, 4) is 11.5 Å². The lowest BCUT2D eigenvalue weighted by Crippen LogP contribution is -1.97. The Balaban J connectivity index is 2.56. The first kappa shape index (κ1) is 15.9. The molecule has 0 aliphatic carbocycles. The largest absolute Gasteiger partial charge is 0.456 e. The van der Waals surface area contributed by atoms with Gasteiger partial charge in [0, 0.05) is 12.1 Å². The molecule has 0 bridgehead atoms. The minimum absolute atomic E-state index is 0.164. The Morgan fingerprint density at radius 3 is 1.52 bits per heavy atom. The van der Waals surface area contributed by atoms with Crippen molar-refractivity contribution < 1.29 is 14.6 Å². The molecule has 0 unspecified atom stereocenters. The van der Waals surface area contributed by atoms with Gasteiger partial charge in [-0.15, -0.1) is 0 Å². The molecular formula is C16H12N2O5. The van der Waals surface area contributed by atoms with Crippen molar-refractivity contribution in [2.75, 3.05) is 0 Å². The Morgan fingerprint density at radius 1 is 0.826 bits per heavy atom. The number of nitro benzene ring substituents is 2. The fourth-order valence-electron chi connectivity index (χ4n) is 2.09. The third-order valence-corrected chi connectivity index (χ3v) is 3.11. The highest BCUT2D eigenvalue weighted by Gasteiger charge is 2.20. The molecule has 0 aromatic heterocycles. The molecule has 0 amide bonds. The third kappa shape index (κ3) is 3.08. The van der Waals surface area contributed by atoms with Gasteiger partial charge in [-0.2, -0.15) is 0 Å². The second-order valence-corrected chi connectivity index (χ2v) is 4.40. The van der Waals surface area contributed by atoms with E-state index in [9.17, 15) is 20.2 Å². The van der Waals surface area contributed by atoms with Crippen molar-refractivity contribution in [2.45, 2.75) is 0 Å². The highest BCUT2D eigenvalue weighted by molar-refractivity contribution is 5.70. The molecule has 116 valence electrons. The number of nitrogens with zero attached hydrogens (tertiary/aromatic N) is 2. The lowest BCUT2D eigenvalue weighted by atomic mass is 10.1. The van der Waals surface area contributed by atoms with Crippen molar-refractivity contribution in [1.82, 2.24) is 0 Å². The molecule has 0 radical (unpaired) electrons. The molecule has 0 aliphatic heterocycles. The van der Waals surface area contributed by atoms with Gasteiger partial charge in [-0.1, -0.05) is 37.4 Å². The SMILES string of the molecule is C=Cc1c(Oc2cccc([N+](=O)[O-])c2C=C)cccc1[N+](=O)[O-]. The molecule has 0 saturated heterocycles. The van der Waals surface area contributed by atoms with Crippen LogP contribution in [0, 0.1) is 20.2 Å². The van der Waals surface area contributed by atoms with Crippen LogP contribution in [0.3, 0.4) is 0 Å². The molecule has 0 N–H and O–H groups in total. The highest BCUT2D eigenvalue weighted by Crippen LogP contribution is 2.36. The van der Waals surface area contributed by atoms with E-state index in [0.29, 0.717) is 0 Å². The molecule has 2 rings (SSSR count). The van der Waals surface area contributed by atoms with Gasteiger partial charge in [-0.25, -0.2) is 0 Å². The summed E-state index contributed by atoms with van der Waals surface area (Å²) in [5, 5.41) is 22.1. The summed E-state index contributed by atoms with van der Waals surface area (Å²) in [4.78, 5) is 21.0. The first-order chi connectivity index (χ1) is 11.0. The van der Waals surface area contributed by atoms with Gasteiger partial charge in [0.05, 0.1) is 21.0 Å². The van der Waals surface area contributed by atoms with Gasteiger partial charge < -0.3 is 4.74 Å². The molecule has 0 fully saturated rings. The zero-order valence-corrected chi connectivity index (χ0v) is 12.0. The van der Waals surface area contributed by atoms with Gasteiger partial charge in [0.25, 0.3) is 11.4 Å². The molecule has 7 nitrogen and oxygen atoms in total. The number of ether oxygens (including phenoxy) is 1. The lowest BCUT2D eigenvalue weighted by molar-refractivity contribution is -0.385. The topological polar surface area (TPSA) is 95.5 Å². The quantitative estimate of drug-likeness (QED) is 0.574. The highest BCUT2D eigenvalue weighted by atomic mass is 16.6. The van der Waals surface area contributed by atoms with Gasteiger partial charge in [-0.05, 0) is 12.1 Å². The van der Waals surface area contributed by atoms with Crippen LogP contribution in [0.1, 0.15) is 11.1 Å². The van der Waals surface area contributed by atoms with Gasteiger partial charge in [0.1, 0.15) is 11.5 Å². The zero-order chi connectivity index (χ0) is 17.0. The van der Waals surface area contributed by atoms with Crippen LogP contribution in [-0.2, 0) is 0 Å². The maximum absolute atomic E-state index is 11.0. The predicted octanol–water partition coefficient (Wildman–Crippen LogP) is 4.58. The molecule has 0 heterocycles. The molecule has 23 heavy (non-hydrogen) atoms. The van der Waals surface area contributed by atoms with E-state index < -0.39 is 9.85 Å².